The van der Waals surface area contributed by atoms with Crippen LogP contribution in [0.25, 0.3) is 16.6 Å². The highest BCUT2D eigenvalue weighted by atomic mass is 35.5. The Bertz CT molecular complexity index is 1200. The second-order valence-electron chi connectivity index (χ2n) is 6.71. The van der Waals surface area contributed by atoms with E-state index in [1.54, 1.807) is 29.2 Å². The predicted octanol–water partition coefficient (Wildman–Crippen LogP) is 2.57. The maximum Gasteiger partial charge on any atom is 0.336 e. The molecule has 2 heterocycles. The molecule has 8 heteroatoms. The Kier molecular flexibility index (Phi) is 4.77. The second kappa shape index (κ2) is 7.24. The van der Waals surface area contributed by atoms with Gasteiger partial charge in [-0.25, -0.2) is 13.8 Å². The Balaban J connectivity index is 1.93. The first kappa shape index (κ1) is 18.4. The molecule has 1 fully saturated rings. The van der Waals surface area contributed by atoms with Crippen LogP contribution in [-0.2, 0) is 11.3 Å². The van der Waals surface area contributed by atoms with Crippen LogP contribution in [0.1, 0.15) is 12.8 Å². The van der Waals surface area contributed by atoms with Crippen LogP contribution in [-0.4, -0.2) is 33.0 Å². The molecule has 0 bridgehead atoms. The van der Waals surface area contributed by atoms with Crippen molar-refractivity contribution < 1.29 is 9.18 Å². The highest BCUT2D eigenvalue weighted by Gasteiger charge is 2.21. The van der Waals surface area contributed by atoms with Gasteiger partial charge in [0.25, 0.3) is 5.56 Å². The summed E-state index contributed by atoms with van der Waals surface area (Å²) in [7, 11) is 0. The molecule has 0 spiro atoms. The first-order valence-electron chi connectivity index (χ1n) is 8.95. The summed E-state index contributed by atoms with van der Waals surface area (Å²) in [6, 6.07) is 10.2. The lowest BCUT2D eigenvalue weighted by molar-refractivity contribution is -0.130. The first-order valence-corrected chi connectivity index (χ1v) is 9.33. The van der Waals surface area contributed by atoms with Gasteiger partial charge in [0, 0.05) is 13.1 Å². The summed E-state index contributed by atoms with van der Waals surface area (Å²) >= 11 is 5.84. The number of rotatable bonds is 3. The van der Waals surface area contributed by atoms with Crippen molar-refractivity contribution >= 4 is 28.4 Å². The summed E-state index contributed by atoms with van der Waals surface area (Å²) in [5, 5.41) is 0.0911. The van der Waals surface area contributed by atoms with E-state index in [2.05, 4.69) is 0 Å². The van der Waals surface area contributed by atoms with Crippen LogP contribution in [0.5, 0.6) is 0 Å². The number of para-hydroxylation sites is 1. The van der Waals surface area contributed by atoms with Gasteiger partial charge in [-0.15, -0.1) is 0 Å². The van der Waals surface area contributed by atoms with E-state index in [9.17, 15) is 18.8 Å². The van der Waals surface area contributed by atoms with E-state index in [0.717, 1.165) is 23.5 Å². The van der Waals surface area contributed by atoms with Crippen molar-refractivity contribution in [3.63, 3.8) is 0 Å². The molecule has 4 rings (SSSR count). The van der Waals surface area contributed by atoms with Crippen molar-refractivity contribution in [2.75, 3.05) is 13.1 Å². The number of hydrogen-bond acceptors (Lipinski definition) is 3. The van der Waals surface area contributed by atoms with Crippen molar-refractivity contribution in [2.24, 2.45) is 0 Å². The summed E-state index contributed by atoms with van der Waals surface area (Å²) in [5.74, 6) is -0.823. The largest absolute Gasteiger partial charge is 0.341 e. The van der Waals surface area contributed by atoms with Crippen LogP contribution in [0.2, 0.25) is 5.02 Å². The molecule has 1 saturated heterocycles. The molecule has 0 atom stereocenters. The molecule has 6 nitrogen and oxygen atoms in total. The summed E-state index contributed by atoms with van der Waals surface area (Å²) in [6.45, 7) is 1.16. The van der Waals surface area contributed by atoms with Gasteiger partial charge in [-0.2, -0.15) is 0 Å². The van der Waals surface area contributed by atoms with Crippen molar-refractivity contribution in [1.29, 1.82) is 0 Å². The zero-order valence-corrected chi connectivity index (χ0v) is 15.7. The van der Waals surface area contributed by atoms with Crippen molar-refractivity contribution in [3.8, 4) is 5.69 Å². The number of benzene rings is 2. The smallest absolute Gasteiger partial charge is 0.336 e. The fraction of sp³-hybridized carbons (Fsp3) is 0.250. The molecule has 144 valence electrons. The highest BCUT2D eigenvalue weighted by molar-refractivity contribution is 6.30. The molecule has 0 radical (unpaired) electrons. The van der Waals surface area contributed by atoms with Crippen LogP contribution in [0.4, 0.5) is 4.39 Å². The van der Waals surface area contributed by atoms with Gasteiger partial charge in [0.2, 0.25) is 5.91 Å². The average molecular weight is 402 g/mol. The molecule has 1 aliphatic heterocycles. The number of carbonyl (C=O) groups excluding carboxylic acids is 1. The van der Waals surface area contributed by atoms with Gasteiger partial charge in [-0.3, -0.25) is 14.2 Å². The summed E-state index contributed by atoms with van der Waals surface area (Å²) in [6.07, 6.45) is 1.88. The SMILES string of the molecule is O=C(Cn1c(=O)n(-c2ccc(F)c(Cl)c2)c(=O)c2ccccc21)N1CCCC1. The number of nitrogens with zero attached hydrogens (tertiary/aromatic N) is 3. The van der Waals surface area contributed by atoms with Crippen molar-refractivity contribution in [3.05, 3.63) is 74.1 Å². The van der Waals surface area contributed by atoms with E-state index in [4.69, 9.17) is 11.6 Å². The fourth-order valence-corrected chi connectivity index (χ4v) is 3.70. The van der Waals surface area contributed by atoms with E-state index >= 15 is 0 Å². The Morgan fingerprint density at radius 1 is 1.07 bits per heavy atom. The van der Waals surface area contributed by atoms with Gasteiger partial charge < -0.3 is 4.90 Å². The van der Waals surface area contributed by atoms with Gasteiger partial charge in [0.15, 0.2) is 0 Å². The number of fused-ring (bicyclic) bond motifs is 1. The summed E-state index contributed by atoms with van der Waals surface area (Å²) in [5.41, 5.74) is -0.684. The fourth-order valence-electron chi connectivity index (χ4n) is 3.53. The number of likely N-dealkylation sites (tertiary alicyclic amines) is 1. The van der Waals surface area contributed by atoms with Crippen LogP contribution >= 0.6 is 11.6 Å². The number of amides is 1. The number of hydrogen-bond donors (Lipinski definition) is 0. The number of halogens is 2. The molecule has 1 aromatic heterocycles. The van der Waals surface area contributed by atoms with Crippen LogP contribution in [0.15, 0.2) is 52.1 Å². The van der Waals surface area contributed by atoms with Crippen LogP contribution in [0.3, 0.4) is 0 Å². The predicted molar refractivity (Wildman–Crippen MR) is 105 cm³/mol. The minimum atomic E-state index is -0.668. The van der Waals surface area contributed by atoms with Crippen molar-refractivity contribution in [1.82, 2.24) is 14.0 Å². The molecule has 28 heavy (non-hydrogen) atoms. The van der Waals surface area contributed by atoms with Gasteiger partial charge in [0.1, 0.15) is 12.4 Å². The Labute approximate surface area is 164 Å². The normalized spacial score (nSPS) is 14.0. The third-order valence-electron chi connectivity index (χ3n) is 4.96. The van der Waals surface area contributed by atoms with Gasteiger partial charge >= 0.3 is 5.69 Å². The van der Waals surface area contributed by atoms with E-state index in [1.807, 2.05) is 0 Å². The molecule has 0 N–H and O–H groups in total. The maximum atomic E-state index is 13.5. The van der Waals surface area contributed by atoms with E-state index in [-0.39, 0.29) is 28.5 Å². The van der Waals surface area contributed by atoms with Crippen LogP contribution < -0.4 is 11.2 Å². The molecular weight excluding hydrogens is 385 g/mol. The van der Waals surface area contributed by atoms with E-state index in [0.29, 0.717) is 18.6 Å². The molecular formula is C20H17ClFN3O3. The quantitative estimate of drug-likeness (QED) is 0.677. The Morgan fingerprint density at radius 3 is 2.50 bits per heavy atom. The Morgan fingerprint density at radius 2 is 1.79 bits per heavy atom. The highest BCUT2D eigenvalue weighted by Crippen LogP contribution is 2.18. The lowest BCUT2D eigenvalue weighted by atomic mass is 10.2. The topological polar surface area (TPSA) is 64.3 Å². The van der Waals surface area contributed by atoms with Crippen LogP contribution in [0, 0.1) is 5.82 Å². The molecule has 0 aliphatic carbocycles. The third-order valence-corrected chi connectivity index (χ3v) is 5.25. The molecule has 1 aliphatic rings. The zero-order valence-electron chi connectivity index (χ0n) is 14.9. The van der Waals surface area contributed by atoms with E-state index in [1.165, 1.54) is 16.7 Å². The number of aromatic nitrogens is 2. The minimum Gasteiger partial charge on any atom is -0.341 e. The molecule has 0 unspecified atom stereocenters. The molecule has 0 saturated carbocycles. The minimum absolute atomic E-state index is 0.148. The molecule has 1 amide bonds. The van der Waals surface area contributed by atoms with Gasteiger partial charge in [0.05, 0.1) is 21.6 Å². The maximum absolute atomic E-state index is 13.5. The molecule has 3 aromatic rings. The summed E-state index contributed by atoms with van der Waals surface area (Å²) < 4.78 is 15.7. The monoisotopic (exact) mass is 401 g/mol. The number of carbonyl (C=O) groups is 1. The van der Waals surface area contributed by atoms with Gasteiger partial charge in [-0.1, -0.05) is 23.7 Å². The van der Waals surface area contributed by atoms with Crippen molar-refractivity contribution in [2.45, 2.75) is 19.4 Å². The first-order chi connectivity index (χ1) is 13.5. The van der Waals surface area contributed by atoms with E-state index < -0.39 is 17.1 Å². The lowest BCUT2D eigenvalue weighted by Gasteiger charge is -2.18. The zero-order chi connectivity index (χ0) is 19.8. The Hall–Kier alpha value is -2.93. The summed E-state index contributed by atoms with van der Waals surface area (Å²) in [4.78, 5) is 40.5. The lowest BCUT2D eigenvalue weighted by Crippen LogP contribution is -2.42. The molecule has 2 aromatic carbocycles. The van der Waals surface area contributed by atoms with Gasteiger partial charge in [-0.05, 0) is 43.2 Å². The average Bonchev–Trinajstić information content (AvgIpc) is 3.23. The second-order valence-corrected chi connectivity index (χ2v) is 7.12. The third kappa shape index (κ3) is 3.11. The standard InChI is InChI=1S/C20H17ClFN3O3/c21-15-11-13(7-8-16(15)22)25-19(27)14-5-1-2-6-17(14)24(20(25)28)12-18(26)23-9-3-4-10-23/h1-2,5-8,11H,3-4,9-10,12H2.